The highest BCUT2D eigenvalue weighted by Gasteiger charge is 2.17. The summed E-state index contributed by atoms with van der Waals surface area (Å²) in [6, 6.07) is 6.25. The predicted molar refractivity (Wildman–Crippen MR) is 71.8 cm³/mol. The van der Waals surface area contributed by atoms with Crippen LogP contribution in [0.15, 0.2) is 18.2 Å². The van der Waals surface area contributed by atoms with Gasteiger partial charge >= 0.3 is 0 Å². The fraction of sp³-hybridized carbons (Fsp3) is 0.533. The van der Waals surface area contributed by atoms with Gasteiger partial charge < -0.3 is 10.1 Å². The molecule has 1 N–H and O–H groups in total. The van der Waals surface area contributed by atoms with Gasteiger partial charge in [-0.2, -0.15) is 0 Å². The monoisotopic (exact) mass is 247 g/mol. The lowest BCUT2D eigenvalue weighted by Crippen LogP contribution is -2.36. The molecule has 0 aromatic heterocycles. The summed E-state index contributed by atoms with van der Waals surface area (Å²) in [4.78, 5) is 11.7. The van der Waals surface area contributed by atoms with Crippen molar-refractivity contribution in [3.05, 3.63) is 29.3 Å². The molecule has 0 spiro atoms. The van der Waals surface area contributed by atoms with Crippen LogP contribution in [0.4, 0.5) is 0 Å². The van der Waals surface area contributed by atoms with Gasteiger partial charge in [0.15, 0.2) is 6.61 Å². The van der Waals surface area contributed by atoms with Crippen LogP contribution in [0.25, 0.3) is 0 Å². The van der Waals surface area contributed by atoms with Crippen molar-refractivity contribution < 1.29 is 9.53 Å². The normalized spacial score (nSPS) is 15.7. The molecule has 0 radical (unpaired) electrons. The van der Waals surface area contributed by atoms with E-state index in [2.05, 4.69) is 12.2 Å². The van der Waals surface area contributed by atoms with E-state index in [0.717, 1.165) is 18.6 Å². The first kappa shape index (κ1) is 12.9. The molecule has 0 saturated heterocycles. The van der Waals surface area contributed by atoms with Gasteiger partial charge in [-0.15, -0.1) is 0 Å². The van der Waals surface area contributed by atoms with E-state index in [4.69, 9.17) is 4.74 Å². The van der Waals surface area contributed by atoms with E-state index in [1.54, 1.807) is 0 Å². The number of ether oxygens (including phenoxy) is 1. The van der Waals surface area contributed by atoms with Crippen LogP contribution in [0.2, 0.25) is 0 Å². The fourth-order valence-corrected chi connectivity index (χ4v) is 2.29. The topological polar surface area (TPSA) is 38.3 Å². The second kappa shape index (κ2) is 5.89. The van der Waals surface area contributed by atoms with Crippen LogP contribution >= 0.6 is 0 Å². The van der Waals surface area contributed by atoms with Gasteiger partial charge in [0, 0.05) is 6.04 Å². The Balaban J connectivity index is 1.79. The second-order valence-electron chi connectivity index (χ2n) is 5.08. The summed E-state index contributed by atoms with van der Waals surface area (Å²) >= 11 is 0. The number of benzene rings is 1. The summed E-state index contributed by atoms with van der Waals surface area (Å²) in [7, 11) is 0. The van der Waals surface area contributed by atoms with Crippen molar-refractivity contribution in [3.63, 3.8) is 0 Å². The molecule has 0 bridgehead atoms. The number of nitrogens with one attached hydrogen (secondary N) is 1. The van der Waals surface area contributed by atoms with Crippen molar-refractivity contribution >= 4 is 5.91 Å². The molecule has 1 aromatic rings. The highest BCUT2D eigenvalue weighted by molar-refractivity contribution is 5.77. The molecule has 3 heteroatoms. The van der Waals surface area contributed by atoms with Crippen LogP contribution in [-0.4, -0.2) is 18.6 Å². The van der Waals surface area contributed by atoms with Crippen LogP contribution in [0.5, 0.6) is 5.75 Å². The van der Waals surface area contributed by atoms with Gasteiger partial charge in [0.2, 0.25) is 0 Å². The van der Waals surface area contributed by atoms with Crippen molar-refractivity contribution in [1.29, 1.82) is 0 Å². The van der Waals surface area contributed by atoms with Gasteiger partial charge in [-0.3, -0.25) is 4.79 Å². The number of aryl methyl sites for hydroxylation is 2. The van der Waals surface area contributed by atoms with Crippen molar-refractivity contribution in [3.8, 4) is 5.75 Å². The van der Waals surface area contributed by atoms with Crippen LogP contribution in [0.3, 0.4) is 0 Å². The van der Waals surface area contributed by atoms with Crippen molar-refractivity contribution in [1.82, 2.24) is 5.32 Å². The Kier molecular flexibility index (Phi) is 4.24. The SMILES string of the molecule is Cc1ccc(OCC(=O)NC2CCCC2)cc1C. The number of carbonyl (C=O) groups is 1. The summed E-state index contributed by atoms with van der Waals surface area (Å²) < 4.78 is 5.50. The molecule has 1 amide bonds. The van der Waals surface area contributed by atoms with Crippen molar-refractivity contribution in [2.75, 3.05) is 6.61 Å². The molecule has 1 saturated carbocycles. The van der Waals surface area contributed by atoms with Gasteiger partial charge in [-0.25, -0.2) is 0 Å². The quantitative estimate of drug-likeness (QED) is 0.888. The van der Waals surface area contributed by atoms with Gasteiger partial charge in [0.05, 0.1) is 0 Å². The number of rotatable bonds is 4. The van der Waals surface area contributed by atoms with Crippen LogP contribution in [0, 0.1) is 13.8 Å². The van der Waals surface area contributed by atoms with Crippen LogP contribution in [-0.2, 0) is 4.79 Å². The minimum Gasteiger partial charge on any atom is -0.484 e. The van der Waals surface area contributed by atoms with Crippen LogP contribution < -0.4 is 10.1 Å². The molecule has 1 fully saturated rings. The Labute approximate surface area is 109 Å². The highest BCUT2D eigenvalue weighted by atomic mass is 16.5. The third kappa shape index (κ3) is 3.49. The summed E-state index contributed by atoms with van der Waals surface area (Å²) in [5.74, 6) is 0.750. The molecule has 0 heterocycles. The molecule has 0 atom stereocenters. The fourth-order valence-electron chi connectivity index (χ4n) is 2.29. The zero-order chi connectivity index (χ0) is 13.0. The first-order valence-electron chi connectivity index (χ1n) is 6.64. The Morgan fingerprint density at radius 1 is 1.28 bits per heavy atom. The molecule has 3 nitrogen and oxygen atoms in total. The molecule has 0 unspecified atom stereocenters. The maximum absolute atomic E-state index is 11.7. The van der Waals surface area contributed by atoms with Gasteiger partial charge in [-0.1, -0.05) is 18.9 Å². The highest BCUT2D eigenvalue weighted by Crippen LogP contribution is 2.18. The molecular weight excluding hydrogens is 226 g/mol. The summed E-state index contributed by atoms with van der Waals surface area (Å²) in [6.45, 7) is 4.21. The average Bonchev–Trinajstić information content (AvgIpc) is 2.83. The zero-order valence-corrected chi connectivity index (χ0v) is 11.2. The molecule has 1 aliphatic rings. The minimum absolute atomic E-state index is 0.0138. The number of amides is 1. The third-order valence-corrected chi connectivity index (χ3v) is 3.57. The van der Waals surface area contributed by atoms with Crippen molar-refractivity contribution in [2.24, 2.45) is 0 Å². The molecule has 2 rings (SSSR count). The Morgan fingerprint density at radius 2 is 2.00 bits per heavy atom. The average molecular weight is 247 g/mol. The predicted octanol–water partition coefficient (Wildman–Crippen LogP) is 2.74. The summed E-state index contributed by atoms with van der Waals surface area (Å²) in [5.41, 5.74) is 2.42. The van der Waals surface area contributed by atoms with Crippen LogP contribution in [0.1, 0.15) is 36.8 Å². The van der Waals surface area contributed by atoms with E-state index in [9.17, 15) is 4.79 Å². The second-order valence-corrected chi connectivity index (χ2v) is 5.08. The lowest BCUT2D eigenvalue weighted by Gasteiger charge is -2.13. The molecular formula is C15H21NO2. The number of carbonyl (C=O) groups excluding carboxylic acids is 1. The number of hydrogen-bond donors (Lipinski definition) is 1. The first-order valence-corrected chi connectivity index (χ1v) is 6.64. The minimum atomic E-state index is -0.0138. The zero-order valence-electron chi connectivity index (χ0n) is 11.2. The molecule has 98 valence electrons. The molecule has 1 aliphatic carbocycles. The van der Waals surface area contributed by atoms with Gasteiger partial charge in [0.1, 0.15) is 5.75 Å². The largest absolute Gasteiger partial charge is 0.484 e. The Hall–Kier alpha value is -1.51. The van der Waals surface area contributed by atoms with Crippen molar-refractivity contribution in [2.45, 2.75) is 45.6 Å². The van der Waals surface area contributed by atoms with E-state index >= 15 is 0 Å². The lowest BCUT2D eigenvalue weighted by molar-refractivity contribution is -0.123. The van der Waals surface area contributed by atoms with E-state index in [0.29, 0.717) is 6.04 Å². The van der Waals surface area contributed by atoms with E-state index in [-0.39, 0.29) is 12.5 Å². The smallest absolute Gasteiger partial charge is 0.258 e. The Bertz CT molecular complexity index is 423. The van der Waals surface area contributed by atoms with Gasteiger partial charge in [0.25, 0.3) is 5.91 Å². The maximum Gasteiger partial charge on any atom is 0.258 e. The first-order chi connectivity index (χ1) is 8.65. The van der Waals surface area contributed by atoms with E-state index in [1.807, 2.05) is 25.1 Å². The van der Waals surface area contributed by atoms with E-state index in [1.165, 1.54) is 24.0 Å². The van der Waals surface area contributed by atoms with E-state index < -0.39 is 0 Å². The molecule has 1 aromatic carbocycles. The lowest BCUT2D eigenvalue weighted by atomic mass is 10.1. The summed E-state index contributed by atoms with van der Waals surface area (Å²) in [6.07, 6.45) is 4.66. The number of hydrogen-bond acceptors (Lipinski definition) is 2. The maximum atomic E-state index is 11.7. The van der Waals surface area contributed by atoms with Gasteiger partial charge in [-0.05, 0) is 49.9 Å². The third-order valence-electron chi connectivity index (χ3n) is 3.57. The Morgan fingerprint density at radius 3 is 2.67 bits per heavy atom. The molecule has 18 heavy (non-hydrogen) atoms. The summed E-state index contributed by atoms with van der Waals surface area (Å²) in [5, 5.41) is 3.01. The standard InChI is InChI=1S/C15H21NO2/c1-11-7-8-14(9-12(11)2)18-10-15(17)16-13-5-3-4-6-13/h7-9,13H,3-6,10H2,1-2H3,(H,16,17). The molecule has 0 aliphatic heterocycles.